The van der Waals surface area contributed by atoms with Crippen molar-refractivity contribution in [3.63, 3.8) is 0 Å². The van der Waals surface area contributed by atoms with Gasteiger partial charge in [-0.05, 0) is 50.6 Å². The number of rotatable bonds is 5. The minimum Gasteiger partial charge on any atom is -0.497 e. The predicted octanol–water partition coefficient (Wildman–Crippen LogP) is 3.14. The molecule has 1 fully saturated rings. The van der Waals surface area contributed by atoms with Crippen molar-refractivity contribution in [3.8, 4) is 11.4 Å². The topological polar surface area (TPSA) is 48.1 Å². The Balaban J connectivity index is 1.47. The molecule has 1 aliphatic rings. The molecular formula is C20H25N5O. The van der Waals surface area contributed by atoms with Crippen LogP contribution in [-0.4, -0.2) is 44.4 Å². The summed E-state index contributed by atoms with van der Waals surface area (Å²) in [6, 6.07) is 10.7. The second-order valence-electron chi connectivity index (χ2n) is 6.96. The summed E-state index contributed by atoms with van der Waals surface area (Å²) in [5.41, 5.74) is 3.44. The first kappa shape index (κ1) is 16.8. The van der Waals surface area contributed by atoms with Gasteiger partial charge in [0.25, 0.3) is 0 Å². The van der Waals surface area contributed by atoms with Crippen LogP contribution >= 0.6 is 0 Å². The van der Waals surface area contributed by atoms with Gasteiger partial charge in [-0.2, -0.15) is 5.10 Å². The Labute approximate surface area is 154 Å². The molecule has 0 N–H and O–H groups in total. The lowest BCUT2D eigenvalue weighted by atomic mass is 10.2. The molecular weight excluding hydrogens is 326 g/mol. The molecule has 26 heavy (non-hydrogen) atoms. The first-order valence-corrected chi connectivity index (χ1v) is 9.06. The van der Waals surface area contributed by atoms with Crippen LogP contribution in [0.4, 0.5) is 0 Å². The smallest absolute Gasteiger partial charge is 0.127 e. The lowest BCUT2D eigenvalue weighted by molar-refractivity contribution is 0.301. The van der Waals surface area contributed by atoms with E-state index in [4.69, 9.17) is 4.74 Å². The number of benzene rings is 1. The van der Waals surface area contributed by atoms with Crippen LogP contribution in [0.3, 0.4) is 0 Å². The van der Waals surface area contributed by atoms with Crippen LogP contribution in [0.5, 0.6) is 5.75 Å². The molecule has 6 nitrogen and oxygen atoms in total. The van der Waals surface area contributed by atoms with Gasteiger partial charge in [0.2, 0.25) is 0 Å². The Hall–Kier alpha value is -2.60. The molecule has 2 aromatic heterocycles. The SMILES string of the molecule is COc1ccc(-n2ccnc2CN2CC[C@H](n3nc(C)cc3C)C2)cc1. The first-order chi connectivity index (χ1) is 12.6. The Morgan fingerprint density at radius 3 is 2.69 bits per heavy atom. The highest BCUT2D eigenvalue weighted by Crippen LogP contribution is 2.25. The molecule has 1 saturated heterocycles. The van der Waals surface area contributed by atoms with E-state index in [9.17, 15) is 0 Å². The molecule has 6 heteroatoms. The minimum absolute atomic E-state index is 0.452. The summed E-state index contributed by atoms with van der Waals surface area (Å²) < 4.78 is 9.58. The molecule has 1 aromatic carbocycles. The van der Waals surface area contributed by atoms with Gasteiger partial charge in [0.1, 0.15) is 11.6 Å². The van der Waals surface area contributed by atoms with E-state index >= 15 is 0 Å². The van der Waals surface area contributed by atoms with Gasteiger partial charge in [0, 0.05) is 36.9 Å². The van der Waals surface area contributed by atoms with E-state index in [0.717, 1.165) is 49.0 Å². The quantitative estimate of drug-likeness (QED) is 0.708. The molecule has 0 amide bonds. The van der Waals surface area contributed by atoms with E-state index in [1.807, 2.05) is 24.5 Å². The number of nitrogens with zero attached hydrogens (tertiary/aromatic N) is 5. The van der Waals surface area contributed by atoms with Gasteiger partial charge < -0.3 is 9.30 Å². The number of ether oxygens (including phenoxy) is 1. The van der Waals surface area contributed by atoms with Crippen LogP contribution in [0.2, 0.25) is 0 Å². The normalized spacial score (nSPS) is 17.7. The number of likely N-dealkylation sites (tertiary alicyclic amines) is 1. The summed E-state index contributed by atoms with van der Waals surface area (Å²) >= 11 is 0. The minimum atomic E-state index is 0.452. The van der Waals surface area contributed by atoms with E-state index in [1.165, 1.54) is 5.69 Å². The summed E-state index contributed by atoms with van der Waals surface area (Å²) in [6.07, 6.45) is 5.02. The highest BCUT2D eigenvalue weighted by Gasteiger charge is 2.26. The van der Waals surface area contributed by atoms with E-state index in [2.05, 4.69) is 56.3 Å². The maximum atomic E-state index is 5.25. The van der Waals surface area contributed by atoms with Gasteiger partial charge in [-0.15, -0.1) is 0 Å². The molecule has 3 heterocycles. The zero-order valence-electron chi connectivity index (χ0n) is 15.6. The number of methoxy groups -OCH3 is 1. The summed E-state index contributed by atoms with van der Waals surface area (Å²) in [5.74, 6) is 1.92. The van der Waals surface area contributed by atoms with Crippen molar-refractivity contribution in [1.82, 2.24) is 24.2 Å². The fourth-order valence-corrected chi connectivity index (χ4v) is 3.80. The van der Waals surface area contributed by atoms with Gasteiger partial charge in [-0.25, -0.2) is 4.98 Å². The molecule has 0 aliphatic carbocycles. The Bertz CT molecular complexity index is 880. The van der Waals surface area contributed by atoms with Crippen LogP contribution in [-0.2, 0) is 6.54 Å². The number of aromatic nitrogens is 4. The molecule has 0 spiro atoms. The Morgan fingerprint density at radius 1 is 1.19 bits per heavy atom. The molecule has 0 saturated carbocycles. The van der Waals surface area contributed by atoms with E-state index in [1.54, 1.807) is 7.11 Å². The van der Waals surface area contributed by atoms with Gasteiger partial charge in [-0.1, -0.05) is 0 Å². The second kappa shape index (κ2) is 6.96. The molecule has 0 unspecified atom stereocenters. The van der Waals surface area contributed by atoms with Crippen LogP contribution < -0.4 is 4.74 Å². The van der Waals surface area contributed by atoms with E-state index in [0.29, 0.717) is 6.04 Å². The zero-order chi connectivity index (χ0) is 18.1. The van der Waals surface area contributed by atoms with Crippen LogP contribution in [0.1, 0.15) is 29.7 Å². The van der Waals surface area contributed by atoms with E-state index in [-0.39, 0.29) is 0 Å². The lowest BCUT2D eigenvalue weighted by Gasteiger charge is -2.17. The predicted molar refractivity (Wildman–Crippen MR) is 101 cm³/mol. The molecule has 0 bridgehead atoms. The van der Waals surface area contributed by atoms with E-state index < -0.39 is 0 Å². The lowest BCUT2D eigenvalue weighted by Crippen LogP contribution is -2.23. The van der Waals surface area contributed by atoms with Crippen molar-refractivity contribution in [3.05, 3.63) is 59.9 Å². The average molecular weight is 351 g/mol. The summed E-state index contributed by atoms with van der Waals surface area (Å²) in [6.45, 7) is 7.12. The summed E-state index contributed by atoms with van der Waals surface area (Å²) in [5, 5.41) is 4.66. The maximum absolute atomic E-state index is 5.25. The standard InChI is InChI=1S/C20H25N5O/c1-15-12-16(2)25(22-15)18-8-10-23(13-18)14-20-21-9-11-24(20)17-4-6-19(26-3)7-5-17/h4-7,9,11-12,18H,8,10,13-14H2,1-3H3/t18-/m0/s1. The third-order valence-corrected chi connectivity index (χ3v) is 5.07. The Morgan fingerprint density at radius 2 is 2.00 bits per heavy atom. The monoisotopic (exact) mass is 351 g/mol. The van der Waals surface area contributed by atoms with Crippen molar-refractivity contribution in [1.29, 1.82) is 0 Å². The molecule has 136 valence electrons. The summed E-state index contributed by atoms with van der Waals surface area (Å²) in [4.78, 5) is 7.05. The van der Waals surface area contributed by atoms with Crippen molar-refractivity contribution >= 4 is 0 Å². The fraction of sp³-hybridized carbons (Fsp3) is 0.400. The Kier molecular flexibility index (Phi) is 4.51. The van der Waals surface area contributed by atoms with Crippen LogP contribution in [0.15, 0.2) is 42.7 Å². The van der Waals surface area contributed by atoms with Gasteiger partial charge >= 0.3 is 0 Å². The van der Waals surface area contributed by atoms with Crippen LogP contribution in [0, 0.1) is 13.8 Å². The van der Waals surface area contributed by atoms with Gasteiger partial charge in [-0.3, -0.25) is 9.58 Å². The molecule has 4 rings (SSSR count). The maximum Gasteiger partial charge on any atom is 0.127 e. The molecule has 0 radical (unpaired) electrons. The number of hydrogen-bond acceptors (Lipinski definition) is 4. The zero-order valence-corrected chi connectivity index (χ0v) is 15.6. The van der Waals surface area contributed by atoms with Crippen molar-refractivity contribution in [2.24, 2.45) is 0 Å². The first-order valence-electron chi connectivity index (χ1n) is 9.06. The second-order valence-corrected chi connectivity index (χ2v) is 6.96. The largest absolute Gasteiger partial charge is 0.497 e. The fourth-order valence-electron chi connectivity index (χ4n) is 3.80. The number of hydrogen-bond donors (Lipinski definition) is 0. The van der Waals surface area contributed by atoms with Gasteiger partial charge in [0.15, 0.2) is 0 Å². The third-order valence-electron chi connectivity index (χ3n) is 5.07. The van der Waals surface area contributed by atoms with Crippen molar-refractivity contribution in [2.45, 2.75) is 32.9 Å². The number of aryl methyl sites for hydroxylation is 2. The van der Waals surface area contributed by atoms with Crippen LogP contribution in [0.25, 0.3) is 5.69 Å². The highest BCUT2D eigenvalue weighted by atomic mass is 16.5. The highest BCUT2D eigenvalue weighted by molar-refractivity contribution is 5.38. The molecule has 1 aliphatic heterocycles. The van der Waals surface area contributed by atoms with Gasteiger partial charge in [0.05, 0.1) is 25.4 Å². The third kappa shape index (κ3) is 3.24. The van der Waals surface area contributed by atoms with Crippen molar-refractivity contribution < 1.29 is 4.74 Å². The van der Waals surface area contributed by atoms with Crippen molar-refractivity contribution in [2.75, 3.05) is 20.2 Å². The number of imidazole rings is 1. The average Bonchev–Trinajstić information content (AvgIpc) is 3.36. The molecule has 1 atom stereocenters. The molecule has 3 aromatic rings. The summed E-state index contributed by atoms with van der Waals surface area (Å²) in [7, 11) is 1.68.